The second-order valence-electron chi connectivity index (χ2n) is 2.93. The Morgan fingerprint density at radius 1 is 1.53 bits per heavy atom. The van der Waals surface area contributed by atoms with Crippen molar-refractivity contribution < 1.29 is 19.0 Å². The molecule has 1 aromatic carbocycles. The fourth-order valence-corrected chi connectivity index (χ4v) is 0.906. The highest BCUT2D eigenvalue weighted by molar-refractivity contribution is 5.85. The van der Waals surface area contributed by atoms with Gasteiger partial charge in [-0.3, -0.25) is 0 Å². The van der Waals surface area contributed by atoms with E-state index in [1.165, 1.54) is 25.1 Å². The maximum Gasteiger partial charge on any atom is 0.331 e. The predicted octanol–water partition coefficient (Wildman–Crippen LogP) is 2.24. The van der Waals surface area contributed by atoms with Crippen LogP contribution in [-0.2, 0) is 4.79 Å². The molecule has 4 heteroatoms. The van der Waals surface area contributed by atoms with Crippen molar-refractivity contribution in [3.05, 3.63) is 41.7 Å². The summed E-state index contributed by atoms with van der Waals surface area (Å²) in [5.74, 6) is -1.35. The molecule has 0 fully saturated rings. The minimum Gasteiger partial charge on any atom is -0.486 e. The third kappa shape index (κ3) is 3.42. The highest BCUT2D eigenvalue weighted by Crippen LogP contribution is 2.15. The number of para-hydroxylation sites is 1. The second kappa shape index (κ2) is 5.14. The van der Waals surface area contributed by atoms with E-state index in [-0.39, 0.29) is 17.9 Å². The van der Waals surface area contributed by atoms with Crippen molar-refractivity contribution in [2.45, 2.75) is 6.92 Å². The Morgan fingerprint density at radius 2 is 2.20 bits per heavy atom. The highest BCUT2D eigenvalue weighted by atomic mass is 19.1. The number of carboxylic acid groups (broad SMARTS) is 1. The van der Waals surface area contributed by atoms with Gasteiger partial charge in [-0.1, -0.05) is 12.1 Å². The molecule has 80 valence electrons. The van der Waals surface area contributed by atoms with E-state index in [1.807, 2.05) is 0 Å². The summed E-state index contributed by atoms with van der Waals surface area (Å²) in [4.78, 5) is 10.4. The molecular formula is C11H11FO3. The molecule has 0 radical (unpaired) electrons. The lowest BCUT2D eigenvalue weighted by Crippen LogP contribution is -2.01. The first kappa shape index (κ1) is 11.2. The Balaban J connectivity index is 2.55. The van der Waals surface area contributed by atoms with Crippen LogP contribution in [0.15, 0.2) is 35.9 Å². The molecule has 0 atom stereocenters. The first-order chi connectivity index (χ1) is 7.11. The average Bonchev–Trinajstić information content (AvgIpc) is 2.20. The van der Waals surface area contributed by atoms with Crippen LogP contribution in [0.25, 0.3) is 0 Å². The van der Waals surface area contributed by atoms with Crippen LogP contribution in [0, 0.1) is 5.82 Å². The average molecular weight is 210 g/mol. The van der Waals surface area contributed by atoms with Gasteiger partial charge in [0.2, 0.25) is 0 Å². The molecule has 0 aliphatic heterocycles. The van der Waals surface area contributed by atoms with Gasteiger partial charge in [0, 0.05) is 5.57 Å². The van der Waals surface area contributed by atoms with E-state index in [1.54, 1.807) is 12.1 Å². The third-order valence-corrected chi connectivity index (χ3v) is 1.80. The summed E-state index contributed by atoms with van der Waals surface area (Å²) in [5.41, 5.74) is 0.173. The van der Waals surface area contributed by atoms with E-state index >= 15 is 0 Å². The Hall–Kier alpha value is -1.84. The quantitative estimate of drug-likeness (QED) is 0.775. The number of ether oxygens (including phenoxy) is 1. The number of carbonyl (C=O) groups is 1. The number of hydrogen-bond donors (Lipinski definition) is 1. The summed E-state index contributed by atoms with van der Waals surface area (Å²) in [6, 6.07) is 5.97. The smallest absolute Gasteiger partial charge is 0.331 e. The van der Waals surface area contributed by atoms with Crippen LogP contribution in [0.1, 0.15) is 6.92 Å². The van der Waals surface area contributed by atoms with Gasteiger partial charge in [-0.15, -0.1) is 0 Å². The van der Waals surface area contributed by atoms with Crippen LogP contribution in [0.2, 0.25) is 0 Å². The summed E-state index contributed by atoms with van der Waals surface area (Å²) in [5, 5.41) is 8.54. The van der Waals surface area contributed by atoms with E-state index < -0.39 is 11.8 Å². The standard InChI is InChI=1S/C11H11FO3/c1-8(11(13)14)6-7-15-10-5-3-2-4-9(10)12/h2-6H,7H2,1H3,(H,13,14). The van der Waals surface area contributed by atoms with Crippen molar-refractivity contribution in [1.82, 2.24) is 0 Å². The number of benzene rings is 1. The van der Waals surface area contributed by atoms with Gasteiger partial charge in [0.1, 0.15) is 6.61 Å². The summed E-state index contributed by atoms with van der Waals surface area (Å²) in [6.45, 7) is 1.49. The number of carboxylic acids is 1. The maximum atomic E-state index is 13.0. The van der Waals surface area contributed by atoms with Crippen LogP contribution in [0.4, 0.5) is 4.39 Å². The fraction of sp³-hybridized carbons (Fsp3) is 0.182. The minimum atomic E-state index is -1.01. The Morgan fingerprint density at radius 3 is 2.80 bits per heavy atom. The van der Waals surface area contributed by atoms with Crippen LogP contribution in [0.3, 0.4) is 0 Å². The van der Waals surface area contributed by atoms with Crippen molar-refractivity contribution in [1.29, 1.82) is 0 Å². The summed E-state index contributed by atoms with van der Waals surface area (Å²) >= 11 is 0. The number of hydrogen-bond acceptors (Lipinski definition) is 2. The SMILES string of the molecule is CC(=CCOc1ccccc1F)C(=O)O. The van der Waals surface area contributed by atoms with E-state index in [0.717, 1.165) is 0 Å². The first-order valence-electron chi connectivity index (χ1n) is 4.38. The number of aliphatic carboxylic acids is 1. The predicted molar refractivity (Wildman–Crippen MR) is 53.3 cm³/mol. The lowest BCUT2D eigenvalue weighted by Gasteiger charge is -2.03. The highest BCUT2D eigenvalue weighted by Gasteiger charge is 2.01. The summed E-state index contributed by atoms with van der Waals surface area (Å²) in [7, 11) is 0. The second-order valence-corrected chi connectivity index (χ2v) is 2.93. The van der Waals surface area contributed by atoms with Crippen LogP contribution < -0.4 is 4.74 Å². The Labute approximate surface area is 86.8 Å². The van der Waals surface area contributed by atoms with Crippen LogP contribution >= 0.6 is 0 Å². The molecule has 0 aliphatic rings. The van der Waals surface area contributed by atoms with Crippen molar-refractivity contribution in [3.8, 4) is 5.75 Å². The lowest BCUT2D eigenvalue weighted by atomic mass is 10.3. The molecule has 3 nitrogen and oxygen atoms in total. The zero-order valence-electron chi connectivity index (χ0n) is 8.24. The Kier molecular flexibility index (Phi) is 3.85. The van der Waals surface area contributed by atoms with E-state index in [9.17, 15) is 9.18 Å². The normalized spacial score (nSPS) is 11.2. The largest absolute Gasteiger partial charge is 0.486 e. The van der Waals surface area contributed by atoms with E-state index in [2.05, 4.69) is 0 Å². The number of halogens is 1. The van der Waals surface area contributed by atoms with Gasteiger partial charge in [0.15, 0.2) is 11.6 Å². The van der Waals surface area contributed by atoms with E-state index in [4.69, 9.17) is 9.84 Å². The molecule has 0 amide bonds. The molecule has 0 spiro atoms. The van der Waals surface area contributed by atoms with Crippen LogP contribution in [0.5, 0.6) is 5.75 Å². The monoisotopic (exact) mass is 210 g/mol. The van der Waals surface area contributed by atoms with Gasteiger partial charge in [0.25, 0.3) is 0 Å². The zero-order chi connectivity index (χ0) is 11.3. The lowest BCUT2D eigenvalue weighted by molar-refractivity contribution is -0.132. The van der Waals surface area contributed by atoms with Gasteiger partial charge in [-0.2, -0.15) is 0 Å². The molecule has 0 heterocycles. The topological polar surface area (TPSA) is 46.5 Å². The third-order valence-electron chi connectivity index (χ3n) is 1.80. The molecule has 0 bridgehead atoms. The maximum absolute atomic E-state index is 13.0. The molecule has 1 N–H and O–H groups in total. The van der Waals surface area contributed by atoms with Crippen molar-refractivity contribution in [2.75, 3.05) is 6.61 Å². The van der Waals surface area contributed by atoms with Crippen molar-refractivity contribution >= 4 is 5.97 Å². The molecule has 0 unspecified atom stereocenters. The molecule has 1 rings (SSSR count). The minimum absolute atomic E-state index is 0.0407. The molecule has 0 saturated heterocycles. The molecule has 0 aliphatic carbocycles. The molecule has 1 aromatic rings. The molecule has 0 aromatic heterocycles. The van der Waals surface area contributed by atoms with Gasteiger partial charge >= 0.3 is 5.97 Å². The Bertz CT molecular complexity index is 385. The van der Waals surface area contributed by atoms with Crippen LogP contribution in [-0.4, -0.2) is 17.7 Å². The zero-order valence-corrected chi connectivity index (χ0v) is 8.24. The summed E-state index contributed by atoms with van der Waals surface area (Å²) < 4.78 is 18.1. The van der Waals surface area contributed by atoms with Crippen molar-refractivity contribution in [2.24, 2.45) is 0 Å². The van der Waals surface area contributed by atoms with Gasteiger partial charge in [0.05, 0.1) is 0 Å². The first-order valence-corrected chi connectivity index (χ1v) is 4.38. The molecule has 0 saturated carbocycles. The molecule has 15 heavy (non-hydrogen) atoms. The molecular weight excluding hydrogens is 199 g/mol. The van der Waals surface area contributed by atoms with Gasteiger partial charge < -0.3 is 9.84 Å². The fourth-order valence-electron chi connectivity index (χ4n) is 0.906. The number of rotatable bonds is 4. The van der Waals surface area contributed by atoms with Gasteiger partial charge in [-0.05, 0) is 25.1 Å². The van der Waals surface area contributed by atoms with Gasteiger partial charge in [-0.25, -0.2) is 9.18 Å². The summed E-state index contributed by atoms with van der Waals surface area (Å²) in [6.07, 6.45) is 1.38. The van der Waals surface area contributed by atoms with Crippen molar-refractivity contribution in [3.63, 3.8) is 0 Å². The van der Waals surface area contributed by atoms with E-state index in [0.29, 0.717) is 0 Å².